The van der Waals surface area contributed by atoms with Crippen LogP contribution in [0.5, 0.6) is 0 Å². The van der Waals surface area contributed by atoms with Crippen LogP contribution in [-0.4, -0.2) is 15.2 Å². The molecule has 4 nitrogen and oxygen atoms in total. The van der Waals surface area contributed by atoms with Crippen molar-refractivity contribution >= 4 is 11.6 Å². The first kappa shape index (κ1) is 23.1. The molecule has 0 fully saturated rings. The monoisotopic (exact) mass is 414 g/mol. The predicted molar refractivity (Wildman–Crippen MR) is 119 cm³/mol. The van der Waals surface area contributed by atoms with E-state index in [1.165, 1.54) is 0 Å². The van der Waals surface area contributed by atoms with Crippen LogP contribution in [0.15, 0.2) is 47.2 Å². The highest BCUT2D eigenvalue weighted by atomic mass is 35.5. The molecule has 2 heterocycles. The normalized spacial score (nSPS) is 12.3. The Hall–Kier alpha value is -2.17. The Morgan fingerprint density at radius 1 is 1.17 bits per heavy atom. The van der Waals surface area contributed by atoms with Gasteiger partial charge in [-0.05, 0) is 30.2 Å². The van der Waals surface area contributed by atoms with Gasteiger partial charge in [-0.2, -0.15) is 0 Å². The number of aryl methyl sites for hydroxylation is 1. The van der Waals surface area contributed by atoms with Crippen molar-refractivity contribution in [3.8, 4) is 11.3 Å². The van der Waals surface area contributed by atoms with E-state index in [1.807, 2.05) is 65.0 Å². The maximum Gasteiger partial charge on any atom is 0.148 e. The van der Waals surface area contributed by atoms with Crippen LogP contribution in [-0.2, 0) is 11.8 Å². The molecule has 0 spiro atoms. The number of aliphatic hydroxyl groups excluding tert-OH is 1. The van der Waals surface area contributed by atoms with E-state index >= 15 is 0 Å². The summed E-state index contributed by atoms with van der Waals surface area (Å²) in [6, 6.07) is 9.44. The Bertz CT molecular complexity index is 914. The summed E-state index contributed by atoms with van der Waals surface area (Å²) in [5.41, 5.74) is 3.79. The zero-order valence-electron chi connectivity index (χ0n) is 18.2. The van der Waals surface area contributed by atoms with Gasteiger partial charge in [0.15, 0.2) is 0 Å². The summed E-state index contributed by atoms with van der Waals surface area (Å²) < 4.78 is 5.76. The molecule has 0 aliphatic rings. The van der Waals surface area contributed by atoms with Crippen molar-refractivity contribution in [2.45, 2.75) is 65.9 Å². The quantitative estimate of drug-likeness (QED) is 0.501. The predicted octanol–water partition coefficient (Wildman–Crippen LogP) is 6.75. The number of halogens is 1. The molecular formula is C24H31ClN2O2. The fourth-order valence-electron chi connectivity index (χ4n) is 3.26. The van der Waals surface area contributed by atoms with Crippen LogP contribution in [0.25, 0.3) is 11.3 Å². The Morgan fingerprint density at radius 2 is 1.90 bits per heavy atom. The molecule has 0 aliphatic carbocycles. The lowest BCUT2D eigenvalue weighted by molar-refractivity contribution is 0.212. The third-order valence-corrected chi connectivity index (χ3v) is 4.76. The number of pyridine rings is 1. The van der Waals surface area contributed by atoms with Crippen molar-refractivity contribution in [2.75, 3.05) is 0 Å². The topological polar surface area (TPSA) is 59.2 Å². The fraction of sp³-hybridized carbons (Fsp3) is 0.417. The highest BCUT2D eigenvalue weighted by molar-refractivity contribution is 6.30. The summed E-state index contributed by atoms with van der Waals surface area (Å²) in [7, 11) is 0. The van der Waals surface area contributed by atoms with Gasteiger partial charge in [-0.1, -0.05) is 76.9 Å². The second-order valence-electron chi connectivity index (χ2n) is 7.76. The van der Waals surface area contributed by atoms with Crippen LogP contribution in [0.3, 0.4) is 0 Å². The Kier molecular flexibility index (Phi) is 8.00. The van der Waals surface area contributed by atoms with E-state index < -0.39 is 6.10 Å². The molecule has 1 unspecified atom stereocenters. The number of aromatic nitrogens is 2. The lowest BCUT2D eigenvalue weighted by atomic mass is 9.85. The molecule has 0 bridgehead atoms. The van der Waals surface area contributed by atoms with E-state index in [9.17, 15) is 5.11 Å². The van der Waals surface area contributed by atoms with Gasteiger partial charge in [-0.3, -0.25) is 4.98 Å². The van der Waals surface area contributed by atoms with E-state index in [4.69, 9.17) is 16.1 Å². The van der Waals surface area contributed by atoms with Crippen LogP contribution in [0, 0.1) is 0 Å². The van der Waals surface area contributed by atoms with Crippen molar-refractivity contribution in [1.82, 2.24) is 10.1 Å². The minimum atomic E-state index is -0.876. The van der Waals surface area contributed by atoms with E-state index in [-0.39, 0.29) is 5.41 Å². The summed E-state index contributed by atoms with van der Waals surface area (Å²) in [5, 5.41) is 16.2. The summed E-state index contributed by atoms with van der Waals surface area (Å²) in [6.45, 7) is 12.3. The molecule has 1 atom stereocenters. The van der Waals surface area contributed by atoms with Crippen LogP contribution >= 0.6 is 11.6 Å². The smallest absolute Gasteiger partial charge is 0.148 e. The van der Waals surface area contributed by atoms with Crippen molar-refractivity contribution in [1.29, 1.82) is 0 Å². The highest BCUT2D eigenvalue weighted by Gasteiger charge is 2.32. The number of nitrogens with zero attached hydrogens (tertiary/aromatic N) is 2. The third-order valence-electron chi connectivity index (χ3n) is 4.52. The van der Waals surface area contributed by atoms with Crippen molar-refractivity contribution < 1.29 is 9.63 Å². The van der Waals surface area contributed by atoms with Gasteiger partial charge in [-0.15, -0.1) is 0 Å². The molecule has 1 aromatic carbocycles. The standard InChI is InChI=1S/C22H25ClN2O2.C2H6/c1-5-7-14-12-16(23)9-10-17(14)19-18(21(27-25-19)22(2,3)4)20(26)15-8-6-11-24-13-15;1-2/h6,8-13,20,26H,5,7H2,1-4H3;1-2H3. The first-order chi connectivity index (χ1) is 13.8. The summed E-state index contributed by atoms with van der Waals surface area (Å²) in [6.07, 6.45) is 4.34. The molecule has 29 heavy (non-hydrogen) atoms. The lowest BCUT2D eigenvalue weighted by Gasteiger charge is -2.20. The average Bonchev–Trinajstić information content (AvgIpc) is 3.15. The first-order valence-electron chi connectivity index (χ1n) is 10.2. The maximum atomic E-state index is 11.2. The van der Waals surface area contributed by atoms with E-state index in [1.54, 1.807) is 12.4 Å². The Morgan fingerprint density at radius 3 is 2.48 bits per heavy atom. The van der Waals surface area contributed by atoms with Gasteiger partial charge < -0.3 is 9.63 Å². The minimum absolute atomic E-state index is 0.304. The highest BCUT2D eigenvalue weighted by Crippen LogP contribution is 2.40. The lowest BCUT2D eigenvalue weighted by Crippen LogP contribution is -2.15. The molecule has 0 saturated heterocycles. The molecule has 1 N–H and O–H groups in total. The SMILES string of the molecule is CC.CCCc1cc(Cl)ccc1-c1noc(C(C)(C)C)c1C(O)c1cccnc1. The van der Waals surface area contributed by atoms with E-state index in [0.29, 0.717) is 27.6 Å². The van der Waals surface area contributed by atoms with E-state index in [2.05, 4.69) is 17.1 Å². The number of rotatable bonds is 5. The van der Waals surface area contributed by atoms with Crippen molar-refractivity contribution in [2.24, 2.45) is 0 Å². The van der Waals surface area contributed by atoms with Gasteiger partial charge in [0.1, 0.15) is 17.6 Å². The molecule has 5 heteroatoms. The molecule has 3 aromatic rings. The molecule has 0 amide bonds. The summed E-state index contributed by atoms with van der Waals surface area (Å²) in [5.74, 6) is 0.672. The third kappa shape index (κ3) is 5.26. The van der Waals surface area contributed by atoms with Crippen LogP contribution < -0.4 is 0 Å². The second kappa shape index (κ2) is 10.0. The van der Waals surface area contributed by atoms with Gasteiger partial charge in [0.05, 0.1) is 5.56 Å². The molecule has 3 rings (SSSR count). The summed E-state index contributed by atoms with van der Waals surface area (Å²) in [4.78, 5) is 4.14. The molecule has 156 valence electrons. The van der Waals surface area contributed by atoms with Gasteiger partial charge in [0.2, 0.25) is 0 Å². The van der Waals surface area contributed by atoms with Gasteiger partial charge >= 0.3 is 0 Å². The van der Waals surface area contributed by atoms with Crippen molar-refractivity contribution in [3.05, 3.63) is 70.2 Å². The van der Waals surface area contributed by atoms with Crippen molar-refractivity contribution in [3.63, 3.8) is 0 Å². The van der Waals surface area contributed by atoms with Crippen LogP contribution in [0.2, 0.25) is 5.02 Å². The van der Waals surface area contributed by atoms with Gasteiger partial charge in [0, 0.05) is 34.0 Å². The molecule has 0 radical (unpaired) electrons. The zero-order chi connectivity index (χ0) is 21.6. The fourth-order valence-corrected chi connectivity index (χ4v) is 3.45. The first-order valence-corrected chi connectivity index (χ1v) is 10.6. The Labute approximate surface area is 178 Å². The number of benzene rings is 1. The Balaban J connectivity index is 0.00000145. The van der Waals surface area contributed by atoms with Gasteiger partial charge in [-0.25, -0.2) is 0 Å². The molecule has 0 saturated carbocycles. The maximum absolute atomic E-state index is 11.2. The zero-order valence-corrected chi connectivity index (χ0v) is 18.9. The van der Waals surface area contributed by atoms with Crippen LogP contribution in [0.1, 0.15) is 76.5 Å². The second-order valence-corrected chi connectivity index (χ2v) is 8.20. The number of aliphatic hydroxyl groups is 1. The largest absolute Gasteiger partial charge is 0.383 e. The molecule has 0 aliphatic heterocycles. The number of hydrogen-bond acceptors (Lipinski definition) is 4. The number of hydrogen-bond donors (Lipinski definition) is 1. The summed E-state index contributed by atoms with van der Waals surface area (Å²) >= 11 is 6.21. The van der Waals surface area contributed by atoms with Gasteiger partial charge in [0.25, 0.3) is 0 Å². The minimum Gasteiger partial charge on any atom is -0.383 e. The van der Waals surface area contributed by atoms with Crippen LogP contribution in [0.4, 0.5) is 0 Å². The average molecular weight is 415 g/mol. The molecular weight excluding hydrogens is 384 g/mol. The van der Waals surface area contributed by atoms with E-state index in [0.717, 1.165) is 24.0 Å². The molecule has 2 aromatic heterocycles.